The van der Waals surface area contributed by atoms with E-state index in [2.05, 4.69) is 47.8 Å². The van der Waals surface area contributed by atoms with Crippen molar-refractivity contribution in [3.63, 3.8) is 0 Å². The number of rotatable bonds is 6. The number of hydrogen-bond acceptors (Lipinski definition) is 3. The van der Waals surface area contributed by atoms with Gasteiger partial charge in [-0.2, -0.15) is 0 Å². The first-order chi connectivity index (χ1) is 10.5. The van der Waals surface area contributed by atoms with Crippen molar-refractivity contribution in [2.24, 2.45) is 0 Å². The SMILES string of the molecule is O=[N+]([O-])c1ccc(OC[C@@H](Br)[C@H](Br)c2ccc(Br)cc2)cc1. The van der Waals surface area contributed by atoms with Gasteiger partial charge in [0.15, 0.2) is 0 Å². The largest absolute Gasteiger partial charge is 0.492 e. The maximum atomic E-state index is 10.6. The van der Waals surface area contributed by atoms with Crippen molar-refractivity contribution in [1.29, 1.82) is 0 Å². The molecule has 7 heteroatoms. The highest BCUT2D eigenvalue weighted by molar-refractivity contribution is 9.12. The molecule has 0 saturated heterocycles. The number of alkyl halides is 2. The maximum absolute atomic E-state index is 10.6. The Balaban J connectivity index is 1.92. The summed E-state index contributed by atoms with van der Waals surface area (Å²) in [6, 6.07) is 14.1. The van der Waals surface area contributed by atoms with Crippen molar-refractivity contribution in [3.8, 4) is 5.75 Å². The van der Waals surface area contributed by atoms with Crippen LogP contribution < -0.4 is 4.74 Å². The van der Waals surface area contributed by atoms with Crippen LogP contribution in [0.3, 0.4) is 0 Å². The molecule has 2 rings (SSSR count). The van der Waals surface area contributed by atoms with Crippen molar-refractivity contribution in [2.75, 3.05) is 6.61 Å². The zero-order valence-electron chi connectivity index (χ0n) is 11.3. The van der Waals surface area contributed by atoms with Crippen LogP contribution in [-0.4, -0.2) is 16.4 Å². The monoisotopic (exact) mass is 491 g/mol. The topological polar surface area (TPSA) is 52.4 Å². The van der Waals surface area contributed by atoms with Gasteiger partial charge in [0.2, 0.25) is 0 Å². The molecule has 0 spiro atoms. The van der Waals surface area contributed by atoms with Gasteiger partial charge < -0.3 is 4.74 Å². The highest BCUT2D eigenvalue weighted by Crippen LogP contribution is 2.32. The van der Waals surface area contributed by atoms with Crippen LogP contribution in [0, 0.1) is 10.1 Å². The van der Waals surface area contributed by atoms with E-state index in [1.165, 1.54) is 12.1 Å². The lowest BCUT2D eigenvalue weighted by Crippen LogP contribution is -2.16. The van der Waals surface area contributed by atoms with Gasteiger partial charge in [-0.3, -0.25) is 10.1 Å². The number of benzene rings is 2. The van der Waals surface area contributed by atoms with Crippen molar-refractivity contribution < 1.29 is 9.66 Å². The molecule has 2 atom stereocenters. The molecule has 116 valence electrons. The third-order valence-electron chi connectivity index (χ3n) is 2.96. The van der Waals surface area contributed by atoms with Gasteiger partial charge in [0.1, 0.15) is 12.4 Å². The minimum Gasteiger partial charge on any atom is -0.492 e. The van der Waals surface area contributed by atoms with Gasteiger partial charge in [-0.15, -0.1) is 0 Å². The normalized spacial score (nSPS) is 13.4. The van der Waals surface area contributed by atoms with E-state index in [4.69, 9.17) is 4.74 Å². The molecular weight excluding hydrogens is 482 g/mol. The van der Waals surface area contributed by atoms with Crippen LogP contribution in [0.5, 0.6) is 5.75 Å². The summed E-state index contributed by atoms with van der Waals surface area (Å²) in [6.45, 7) is 0.434. The molecule has 22 heavy (non-hydrogen) atoms. The quantitative estimate of drug-likeness (QED) is 0.297. The number of nitro benzene ring substituents is 1. The number of halogens is 3. The third-order valence-corrected chi connectivity index (χ3v) is 6.16. The molecule has 0 unspecified atom stereocenters. The molecule has 0 fully saturated rings. The predicted octanol–water partition coefficient (Wildman–Crippen LogP) is 5.64. The Bertz CT molecular complexity index is 631. The lowest BCUT2D eigenvalue weighted by molar-refractivity contribution is -0.384. The van der Waals surface area contributed by atoms with Crippen molar-refractivity contribution in [1.82, 2.24) is 0 Å². The van der Waals surface area contributed by atoms with Gasteiger partial charge >= 0.3 is 0 Å². The first kappa shape index (κ1) is 17.4. The van der Waals surface area contributed by atoms with Gasteiger partial charge in [0, 0.05) is 16.6 Å². The maximum Gasteiger partial charge on any atom is 0.269 e. The number of hydrogen-bond donors (Lipinski definition) is 0. The molecule has 0 aromatic heterocycles. The summed E-state index contributed by atoms with van der Waals surface area (Å²) in [5, 5.41) is 10.6. The number of non-ortho nitro benzene ring substituents is 1. The molecule has 4 nitrogen and oxygen atoms in total. The average Bonchev–Trinajstić information content (AvgIpc) is 2.53. The Morgan fingerprint density at radius 2 is 1.64 bits per heavy atom. The lowest BCUT2D eigenvalue weighted by Gasteiger charge is -2.18. The standard InChI is InChI=1S/C15H12Br3NO3/c16-11-3-1-10(2-4-11)15(18)14(17)9-22-13-7-5-12(6-8-13)19(20)21/h1-8,14-15H,9H2/t14-,15-/m1/s1. The summed E-state index contributed by atoms with van der Waals surface area (Å²) in [6.07, 6.45) is 0. The van der Waals surface area contributed by atoms with E-state index in [1.54, 1.807) is 12.1 Å². The van der Waals surface area contributed by atoms with Crippen LogP contribution in [0.4, 0.5) is 5.69 Å². The summed E-state index contributed by atoms with van der Waals surface area (Å²) >= 11 is 10.7. The molecule has 0 N–H and O–H groups in total. The first-order valence-corrected chi connectivity index (χ1v) is 9.00. The molecule has 0 aliphatic carbocycles. The third kappa shape index (κ3) is 4.79. The van der Waals surface area contributed by atoms with Crippen LogP contribution in [0.2, 0.25) is 0 Å². The second-order valence-electron chi connectivity index (χ2n) is 4.53. The average molecular weight is 494 g/mol. The molecule has 2 aromatic rings. The Kier molecular flexibility index (Phi) is 6.40. The fourth-order valence-corrected chi connectivity index (χ4v) is 2.94. The molecule has 0 aliphatic rings. The summed E-state index contributed by atoms with van der Waals surface area (Å²) in [5.74, 6) is 0.602. The molecule has 0 saturated carbocycles. The van der Waals surface area contributed by atoms with E-state index in [-0.39, 0.29) is 15.3 Å². The number of nitrogens with zero attached hydrogens (tertiary/aromatic N) is 1. The van der Waals surface area contributed by atoms with Crippen molar-refractivity contribution in [3.05, 3.63) is 68.7 Å². The molecule has 0 heterocycles. The first-order valence-electron chi connectivity index (χ1n) is 6.38. The Morgan fingerprint density at radius 3 is 2.18 bits per heavy atom. The fourth-order valence-electron chi connectivity index (χ4n) is 1.78. The van der Waals surface area contributed by atoms with E-state index in [1.807, 2.05) is 24.3 Å². The smallest absolute Gasteiger partial charge is 0.269 e. The van der Waals surface area contributed by atoms with E-state index >= 15 is 0 Å². The fraction of sp³-hybridized carbons (Fsp3) is 0.200. The van der Waals surface area contributed by atoms with Crippen LogP contribution in [0.1, 0.15) is 10.4 Å². The Labute approximate surface area is 153 Å². The Morgan fingerprint density at radius 1 is 1.05 bits per heavy atom. The summed E-state index contributed by atoms with van der Waals surface area (Å²) in [5.41, 5.74) is 1.19. The highest BCUT2D eigenvalue weighted by Gasteiger charge is 2.18. The Hall–Kier alpha value is -0.920. The molecule has 0 radical (unpaired) electrons. The zero-order chi connectivity index (χ0) is 16.1. The summed E-state index contributed by atoms with van der Waals surface area (Å²) in [4.78, 5) is 10.3. The van der Waals surface area contributed by atoms with Gasteiger partial charge in [-0.05, 0) is 29.8 Å². The van der Waals surface area contributed by atoms with E-state index in [0.717, 1.165) is 10.0 Å². The molecule has 0 aliphatic heterocycles. The predicted molar refractivity (Wildman–Crippen MR) is 97.1 cm³/mol. The van der Waals surface area contributed by atoms with Gasteiger partial charge in [-0.25, -0.2) is 0 Å². The van der Waals surface area contributed by atoms with Crippen LogP contribution in [0.25, 0.3) is 0 Å². The molecule has 0 amide bonds. The van der Waals surface area contributed by atoms with Gasteiger partial charge in [-0.1, -0.05) is 59.9 Å². The minimum absolute atomic E-state index is 0.0518. The minimum atomic E-state index is -0.431. The summed E-state index contributed by atoms with van der Waals surface area (Å²) < 4.78 is 6.69. The van der Waals surface area contributed by atoms with Crippen LogP contribution in [-0.2, 0) is 0 Å². The molecular formula is C15H12Br3NO3. The van der Waals surface area contributed by atoms with E-state index in [0.29, 0.717) is 12.4 Å². The van der Waals surface area contributed by atoms with Crippen molar-refractivity contribution >= 4 is 53.5 Å². The number of nitro groups is 1. The number of ether oxygens (including phenoxy) is 1. The van der Waals surface area contributed by atoms with Gasteiger partial charge in [0.25, 0.3) is 5.69 Å². The van der Waals surface area contributed by atoms with Crippen LogP contribution >= 0.6 is 47.8 Å². The second-order valence-corrected chi connectivity index (χ2v) is 7.61. The molecule has 2 aromatic carbocycles. The van der Waals surface area contributed by atoms with Crippen LogP contribution in [0.15, 0.2) is 53.0 Å². The highest BCUT2D eigenvalue weighted by atomic mass is 79.9. The van der Waals surface area contributed by atoms with Gasteiger partial charge in [0.05, 0.1) is 14.6 Å². The van der Waals surface area contributed by atoms with Crippen molar-refractivity contribution in [2.45, 2.75) is 9.65 Å². The van der Waals surface area contributed by atoms with E-state index in [9.17, 15) is 10.1 Å². The zero-order valence-corrected chi connectivity index (χ0v) is 16.0. The molecule has 0 bridgehead atoms. The van der Waals surface area contributed by atoms with E-state index < -0.39 is 4.92 Å². The second kappa shape index (κ2) is 8.08. The summed E-state index contributed by atoms with van der Waals surface area (Å²) in [7, 11) is 0. The lowest BCUT2D eigenvalue weighted by atomic mass is 10.1.